The maximum Gasteiger partial charge on any atom is 0.0913 e. The number of ether oxygens (including phenoxy) is 1. The molecular weight excluding hydrogens is 200 g/mol. The fourth-order valence-corrected chi connectivity index (χ4v) is 2.61. The van der Waals surface area contributed by atoms with E-state index in [0.717, 1.165) is 25.9 Å². The molecule has 1 saturated heterocycles. The van der Waals surface area contributed by atoms with Gasteiger partial charge in [0.2, 0.25) is 0 Å². The Morgan fingerprint density at radius 3 is 2.62 bits per heavy atom. The largest absolute Gasteiger partial charge is 0.390 e. The summed E-state index contributed by atoms with van der Waals surface area (Å²) < 4.78 is 5.70. The van der Waals surface area contributed by atoms with Gasteiger partial charge in [0, 0.05) is 6.61 Å². The SMILES string of the molecule is CCCCC(CC)CC(O)C1(C)CCCO1. The zero-order chi connectivity index (χ0) is 12.0. The first-order valence-corrected chi connectivity index (χ1v) is 6.94. The van der Waals surface area contributed by atoms with Gasteiger partial charge in [-0.3, -0.25) is 0 Å². The van der Waals surface area contributed by atoms with Gasteiger partial charge in [-0.2, -0.15) is 0 Å². The quantitative estimate of drug-likeness (QED) is 0.722. The minimum atomic E-state index is -0.281. The van der Waals surface area contributed by atoms with Crippen LogP contribution in [0.4, 0.5) is 0 Å². The topological polar surface area (TPSA) is 29.5 Å². The molecule has 1 fully saturated rings. The van der Waals surface area contributed by atoms with Crippen molar-refractivity contribution in [3.63, 3.8) is 0 Å². The lowest BCUT2D eigenvalue weighted by atomic mass is 9.85. The molecule has 0 aliphatic carbocycles. The van der Waals surface area contributed by atoms with Crippen LogP contribution in [0.2, 0.25) is 0 Å². The van der Waals surface area contributed by atoms with Crippen molar-refractivity contribution in [2.24, 2.45) is 5.92 Å². The van der Waals surface area contributed by atoms with Crippen molar-refractivity contribution in [2.45, 2.75) is 77.4 Å². The fourth-order valence-electron chi connectivity index (χ4n) is 2.61. The lowest BCUT2D eigenvalue weighted by molar-refractivity contribution is -0.0863. The van der Waals surface area contributed by atoms with E-state index in [0.29, 0.717) is 5.92 Å². The third-order valence-electron chi connectivity index (χ3n) is 4.05. The van der Waals surface area contributed by atoms with Gasteiger partial charge in [-0.15, -0.1) is 0 Å². The third kappa shape index (κ3) is 3.74. The molecule has 0 amide bonds. The van der Waals surface area contributed by atoms with Crippen molar-refractivity contribution in [3.8, 4) is 0 Å². The Labute approximate surface area is 100 Å². The molecular formula is C14H28O2. The fraction of sp³-hybridized carbons (Fsp3) is 1.00. The first-order valence-electron chi connectivity index (χ1n) is 6.94. The molecule has 3 atom stereocenters. The Hall–Kier alpha value is -0.0800. The normalized spacial score (nSPS) is 29.2. The Balaban J connectivity index is 2.38. The Morgan fingerprint density at radius 2 is 2.12 bits per heavy atom. The molecule has 1 aliphatic heterocycles. The number of aliphatic hydroxyl groups excluding tert-OH is 1. The molecule has 0 bridgehead atoms. The lowest BCUT2D eigenvalue weighted by Crippen LogP contribution is -2.39. The first kappa shape index (κ1) is 14.0. The van der Waals surface area contributed by atoms with Gasteiger partial charge in [-0.25, -0.2) is 0 Å². The monoisotopic (exact) mass is 228 g/mol. The third-order valence-corrected chi connectivity index (χ3v) is 4.05. The van der Waals surface area contributed by atoms with Crippen LogP contribution in [-0.4, -0.2) is 23.4 Å². The second-order valence-electron chi connectivity index (χ2n) is 5.43. The van der Waals surface area contributed by atoms with E-state index in [9.17, 15) is 5.11 Å². The maximum atomic E-state index is 10.3. The number of hydrogen-bond donors (Lipinski definition) is 1. The Bertz CT molecular complexity index is 185. The van der Waals surface area contributed by atoms with Crippen LogP contribution >= 0.6 is 0 Å². The number of hydrogen-bond acceptors (Lipinski definition) is 2. The summed E-state index contributed by atoms with van der Waals surface area (Å²) in [5.74, 6) is 0.663. The van der Waals surface area contributed by atoms with E-state index < -0.39 is 0 Å². The molecule has 0 spiro atoms. The smallest absolute Gasteiger partial charge is 0.0913 e. The summed E-state index contributed by atoms with van der Waals surface area (Å²) in [5, 5.41) is 10.3. The molecule has 2 heteroatoms. The van der Waals surface area contributed by atoms with E-state index >= 15 is 0 Å². The highest BCUT2D eigenvalue weighted by atomic mass is 16.5. The molecule has 96 valence electrons. The Kier molecular flexibility index (Phi) is 5.77. The predicted molar refractivity (Wildman–Crippen MR) is 67.5 cm³/mol. The molecule has 3 unspecified atom stereocenters. The minimum absolute atomic E-state index is 0.264. The van der Waals surface area contributed by atoms with Gasteiger partial charge in [0.05, 0.1) is 11.7 Å². The van der Waals surface area contributed by atoms with E-state index in [4.69, 9.17) is 4.74 Å². The van der Waals surface area contributed by atoms with Gasteiger partial charge in [0.1, 0.15) is 0 Å². The minimum Gasteiger partial charge on any atom is -0.390 e. The van der Waals surface area contributed by atoms with Crippen molar-refractivity contribution in [1.29, 1.82) is 0 Å². The van der Waals surface area contributed by atoms with Crippen molar-refractivity contribution in [1.82, 2.24) is 0 Å². The van der Waals surface area contributed by atoms with E-state index in [1.54, 1.807) is 0 Å². The molecule has 1 aliphatic rings. The molecule has 0 aromatic rings. The van der Waals surface area contributed by atoms with Crippen LogP contribution in [-0.2, 0) is 4.74 Å². The second-order valence-corrected chi connectivity index (χ2v) is 5.43. The van der Waals surface area contributed by atoms with Crippen LogP contribution in [0.5, 0.6) is 0 Å². The average molecular weight is 228 g/mol. The Morgan fingerprint density at radius 1 is 1.38 bits per heavy atom. The van der Waals surface area contributed by atoms with Gasteiger partial charge in [-0.1, -0.05) is 39.5 Å². The summed E-state index contributed by atoms with van der Waals surface area (Å²) in [6.45, 7) is 7.34. The summed E-state index contributed by atoms with van der Waals surface area (Å²) in [4.78, 5) is 0. The molecule has 0 saturated carbocycles. The maximum absolute atomic E-state index is 10.3. The van der Waals surface area contributed by atoms with Gasteiger partial charge >= 0.3 is 0 Å². The highest BCUT2D eigenvalue weighted by Crippen LogP contribution is 2.33. The summed E-state index contributed by atoms with van der Waals surface area (Å²) >= 11 is 0. The van der Waals surface area contributed by atoms with Crippen LogP contribution in [0.1, 0.15) is 65.7 Å². The molecule has 0 aromatic carbocycles. The van der Waals surface area contributed by atoms with Crippen LogP contribution in [0, 0.1) is 5.92 Å². The standard InChI is InChI=1S/C14H28O2/c1-4-6-8-12(5-2)11-13(15)14(3)9-7-10-16-14/h12-13,15H,4-11H2,1-3H3. The molecule has 0 radical (unpaired) electrons. The number of unbranched alkanes of at least 4 members (excludes halogenated alkanes) is 1. The summed E-state index contributed by atoms with van der Waals surface area (Å²) in [6, 6.07) is 0. The molecule has 1 N–H and O–H groups in total. The highest BCUT2D eigenvalue weighted by molar-refractivity contribution is 4.88. The molecule has 1 heterocycles. The summed E-state index contributed by atoms with van der Waals surface area (Å²) in [7, 11) is 0. The lowest BCUT2D eigenvalue weighted by Gasteiger charge is -2.31. The number of rotatable bonds is 7. The van der Waals surface area contributed by atoms with Crippen molar-refractivity contribution < 1.29 is 9.84 Å². The molecule has 16 heavy (non-hydrogen) atoms. The first-order chi connectivity index (χ1) is 7.62. The van der Waals surface area contributed by atoms with Crippen LogP contribution in [0.3, 0.4) is 0 Å². The van der Waals surface area contributed by atoms with Crippen LogP contribution < -0.4 is 0 Å². The van der Waals surface area contributed by atoms with Crippen LogP contribution in [0.25, 0.3) is 0 Å². The van der Waals surface area contributed by atoms with E-state index in [2.05, 4.69) is 20.8 Å². The highest BCUT2D eigenvalue weighted by Gasteiger charge is 2.37. The number of aliphatic hydroxyl groups is 1. The van der Waals surface area contributed by atoms with Gasteiger partial charge < -0.3 is 9.84 Å². The average Bonchev–Trinajstić information content (AvgIpc) is 2.72. The molecule has 1 rings (SSSR count). The summed E-state index contributed by atoms with van der Waals surface area (Å²) in [5.41, 5.74) is -0.264. The van der Waals surface area contributed by atoms with E-state index in [1.807, 2.05) is 0 Å². The van der Waals surface area contributed by atoms with Crippen molar-refractivity contribution in [3.05, 3.63) is 0 Å². The van der Waals surface area contributed by atoms with Gasteiger partial charge in [0.25, 0.3) is 0 Å². The summed E-state index contributed by atoms with van der Waals surface area (Å²) in [6.07, 6.45) is 7.69. The predicted octanol–water partition coefficient (Wildman–Crippen LogP) is 3.52. The molecule has 0 aromatic heterocycles. The van der Waals surface area contributed by atoms with E-state index in [1.165, 1.54) is 25.7 Å². The van der Waals surface area contributed by atoms with E-state index in [-0.39, 0.29) is 11.7 Å². The van der Waals surface area contributed by atoms with Crippen molar-refractivity contribution in [2.75, 3.05) is 6.61 Å². The van der Waals surface area contributed by atoms with Gasteiger partial charge in [-0.05, 0) is 32.1 Å². The molecule has 2 nitrogen and oxygen atoms in total. The second kappa shape index (κ2) is 6.61. The zero-order valence-corrected chi connectivity index (χ0v) is 11.2. The zero-order valence-electron chi connectivity index (χ0n) is 11.2. The van der Waals surface area contributed by atoms with Gasteiger partial charge in [0.15, 0.2) is 0 Å². The van der Waals surface area contributed by atoms with Crippen LogP contribution in [0.15, 0.2) is 0 Å². The van der Waals surface area contributed by atoms with Crippen molar-refractivity contribution >= 4 is 0 Å².